The molecule has 0 atom stereocenters. The second kappa shape index (κ2) is 9.42. The molecule has 0 aliphatic carbocycles. The van der Waals surface area contributed by atoms with Crippen LogP contribution in [0.3, 0.4) is 0 Å². The number of hydrogen-bond acceptors (Lipinski definition) is 8. The van der Waals surface area contributed by atoms with Crippen molar-refractivity contribution in [1.29, 1.82) is 0 Å². The summed E-state index contributed by atoms with van der Waals surface area (Å²) < 4.78 is 4.75. The van der Waals surface area contributed by atoms with Gasteiger partial charge in [0.2, 0.25) is 0 Å². The summed E-state index contributed by atoms with van der Waals surface area (Å²) in [7, 11) is 1.20. The second-order valence-corrected chi connectivity index (χ2v) is 7.46. The van der Waals surface area contributed by atoms with E-state index >= 15 is 0 Å². The fraction of sp³-hybridized carbons (Fsp3) is 0.200. The quantitative estimate of drug-likeness (QED) is 0.373. The fourth-order valence-corrected chi connectivity index (χ4v) is 3.87. The van der Waals surface area contributed by atoms with Gasteiger partial charge in [0.25, 0.3) is 11.6 Å². The number of nitro benzene ring substituents is 1. The standard InChI is InChI=1S/C20H19N3O6S/c1-29-20(26)17-12-22(7-8-24)19(25)18(17)21-13-9-14(23(27)28)11-16(10-13)30-15-5-3-2-4-6-15/h2-6,9-11,21,24H,7-8,12H2,1H3. The molecule has 1 aliphatic rings. The van der Waals surface area contributed by atoms with Crippen LogP contribution in [-0.2, 0) is 14.3 Å². The van der Waals surface area contributed by atoms with Crippen LogP contribution in [0.4, 0.5) is 11.4 Å². The van der Waals surface area contributed by atoms with Crippen LogP contribution in [0.25, 0.3) is 0 Å². The molecule has 3 rings (SSSR count). The monoisotopic (exact) mass is 429 g/mol. The topological polar surface area (TPSA) is 122 Å². The maximum atomic E-state index is 12.7. The number of ether oxygens (including phenoxy) is 1. The first-order chi connectivity index (χ1) is 14.4. The molecule has 2 aromatic carbocycles. The molecule has 0 saturated heterocycles. The van der Waals surface area contributed by atoms with E-state index in [1.807, 2.05) is 30.3 Å². The van der Waals surface area contributed by atoms with Crippen molar-refractivity contribution in [3.8, 4) is 0 Å². The Hall–Kier alpha value is -3.37. The van der Waals surface area contributed by atoms with Crippen molar-refractivity contribution in [3.63, 3.8) is 0 Å². The molecule has 0 aromatic heterocycles. The summed E-state index contributed by atoms with van der Waals surface area (Å²) in [6, 6.07) is 13.7. The molecule has 1 amide bonds. The molecule has 2 N–H and O–H groups in total. The summed E-state index contributed by atoms with van der Waals surface area (Å²) in [6.45, 7) is -0.231. The Balaban J connectivity index is 1.96. The fourth-order valence-electron chi connectivity index (χ4n) is 2.94. The third-order valence-electron chi connectivity index (χ3n) is 4.30. The average molecular weight is 429 g/mol. The van der Waals surface area contributed by atoms with Gasteiger partial charge < -0.3 is 20.1 Å². The molecule has 0 bridgehead atoms. The molecule has 0 radical (unpaired) electrons. The molecule has 0 spiro atoms. The number of carbonyl (C=O) groups is 2. The normalized spacial score (nSPS) is 13.5. The maximum absolute atomic E-state index is 12.7. The van der Waals surface area contributed by atoms with Gasteiger partial charge >= 0.3 is 5.97 Å². The molecular formula is C20H19N3O6S. The first-order valence-corrected chi connectivity index (χ1v) is 9.75. The Morgan fingerprint density at radius 1 is 1.27 bits per heavy atom. The van der Waals surface area contributed by atoms with E-state index in [9.17, 15) is 19.7 Å². The molecule has 30 heavy (non-hydrogen) atoms. The number of rotatable bonds is 8. The van der Waals surface area contributed by atoms with Crippen LogP contribution >= 0.6 is 11.8 Å². The molecule has 0 fully saturated rings. The number of aliphatic hydroxyl groups is 1. The lowest BCUT2D eigenvalue weighted by atomic mass is 10.2. The van der Waals surface area contributed by atoms with Crippen molar-refractivity contribution in [3.05, 3.63) is 69.9 Å². The van der Waals surface area contributed by atoms with E-state index in [1.54, 1.807) is 6.07 Å². The SMILES string of the molecule is COC(=O)C1=C(Nc2cc(Sc3ccccc3)cc([N+](=O)[O-])c2)C(=O)N(CCO)C1. The summed E-state index contributed by atoms with van der Waals surface area (Å²) >= 11 is 1.33. The highest BCUT2D eigenvalue weighted by Gasteiger charge is 2.34. The third-order valence-corrected chi connectivity index (χ3v) is 5.28. The Labute approximate surface area is 176 Å². The number of anilines is 1. The van der Waals surface area contributed by atoms with Crippen LogP contribution < -0.4 is 5.32 Å². The van der Waals surface area contributed by atoms with E-state index in [2.05, 4.69) is 5.32 Å². The highest BCUT2D eigenvalue weighted by molar-refractivity contribution is 7.99. The molecule has 2 aromatic rings. The average Bonchev–Trinajstić information content (AvgIpc) is 3.04. The summed E-state index contributed by atoms with van der Waals surface area (Å²) in [5.41, 5.74) is 0.209. The van der Waals surface area contributed by atoms with Gasteiger partial charge in [-0.15, -0.1) is 0 Å². The van der Waals surface area contributed by atoms with Gasteiger partial charge in [-0.1, -0.05) is 30.0 Å². The number of β-amino-alcohol motifs (C(OH)–C–C–N with tert-alkyl or cyclic N) is 1. The zero-order valence-corrected chi connectivity index (χ0v) is 16.8. The van der Waals surface area contributed by atoms with Gasteiger partial charge in [-0.2, -0.15) is 0 Å². The molecular weight excluding hydrogens is 410 g/mol. The first-order valence-electron chi connectivity index (χ1n) is 8.94. The van der Waals surface area contributed by atoms with Gasteiger partial charge in [0, 0.05) is 34.2 Å². The number of nitrogens with zero attached hydrogens (tertiary/aromatic N) is 2. The minimum atomic E-state index is -0.685. The number of nitrogens with one attached hydrogen (secondary N) is 1. The number of non-ortho nitro benzene ring substituents is 1. The predicted octanol–water partition coefficient (Wildman–Crippen LogP) is 2.42. The van der Waals surface area contributed by atoms with Gasteiger partial charge in [-0.3, -0.25) is 14.9 Å². The molecule has 1 heterocycles. The smallest absolute Gasteiger partial charge is 0.337 e. The molecule has 9 nitrogen and oxygen atoms in total. The Morgan fingerprint density at radius 2 is 2.00 bits per heavy atom. The number of esters is 1. The highest BCUT2D eigenvalue weighted by Crippen LogP contribution is 2.34. The lowest BCUT2D eigenvalue weighted by Crippen LogP contribution is -2.31. The van der Waals surface area contributed by atoms with E-state index in [4.69, 9.17) is 9.84 Å². The van der Waals surface area contributed by atoms with Crippen molar-refractivity contribution in [2.45, 2.75) is 9.79 Å². The molecule has 156 valence electrons. The molecule has 1 aliphatic heterocycles. The largest absolute Gasteiger partial charge is 0.466 e. The minimum absolute atomic E-state index is 0.0189. The number of methoxy groups -OCH3 is 1. The van der Waals surface area contributed by atoms with Crippen LogP contribution in [0.5, 0.6) is 0 Å². The van der Waals surface area contributed by atoms with Crippen molar-refractivity contribution < 1.29 is 24.4 Å². The number of nitro groups is 1. The second-order valence-electron chi connectivity index (χ2n) is 6.31. The van der Waals surface area contributed by atoms with Gasteiger partial charge in [-0.25, -0.2) is 4.79 Å². The first kappa shape index (κ1) is 21.3. The van der Waals surface area contributed by atoms with Crippen LogP contribution in [0.15, 0.2) is 69.6 Å². The van der Waals surface area contributed by atoms with Gasteiger partial charge in [0.1, 0.15) is 5.70 Å². The maximum Gasteiger partial charge on any atom is 0.337 e. The zero-order valence-electron chi connectivity index (χ0n) is 16.0. The number of benzene rings is 2. The Kier molecular flexibility index (Phi) is 6.70. The minimum Gasteiger partial charge on any atom is -0.466 e. The van der Waals surface area contributed by atoms with E-state index < -0.39 is 16.8 Å². The van der Waals surface area contributed by atoms with Crippen LogP contribution in [-0.4, -0.2) is 53.6 Å². The summed E-state index contributed by atoms with van der Waals surface area (Å²) in [5.74, 6) is -1.18. The summed E-state index contributed by atoms with van der Waals surface area (Å²) in [4.78, 5) is 38.4. The lowest BCUT2D eigenvalue weighted by molar-refractivity contribution is -0.385. The zero-order chi connectivity index (χ0) is 21.7. The lowest BCUT2D eigenvalue weighted by Gasteiger charge is -2.15. The number of amides is 1. The van der Waals surface area contributed by atoms with Crippen LogP contribution in [0, 0.1) is 10.1 Å². The highest BCUT2D eigenvalue weighted by atomic mass is 32.2. The van der Waals surface area contributed by atoms with Crippen LogP contribution in [0.2, 0.25) is 0 Å². The van der Waals surface area contributed by atoms with Gasteiger partial charge in [0.15, 0.2) is 0 Å². The number of aliphatic hydroxyl groups excluding tert-OH is 1. The summed E-state index contributed by atoms with van der Waals surface area (Å²) in [6.07, 6.45) is 0. The molecule has 0 unspecified atom stereocenters. The van der Waals surface area contributed by atoms with Crippen LogP contribution in [0.1, 0.15) is 0 Å². The van der Waals surface area contributed by atoms with E-state index in [0.717, 1.165) is 4.90 Å². The number of hydrogen-bond donors (Lipinski definition) is 2. The Morgan fingerprint density at radius 3 is 2.63 bits per heavy atom. The van der Waals surface area contributed by atoms with E-state index in [0.29, 0.717) is 10.6 Å². The number of carbonyl (C=O) groups excluding carboxylic acids is 2. The summed E-state index contributed by atoms with van der Waals surface area (Å²) in [5, 5.41) is 23.4. The van der Waals surface area contributed by atoms with E-state index in [1.165, 1.54) is 35.9 Å². The third kappa shape index (κ3) is 4.78. The van der Waals surface area contributed by atoms with Crippen molar-refractivity contribution in [2.75, 3.05) is 32.1 Å². The van der Waals surface area contributed by atoms with E-state index in [-0.39, 0.29) is 36.7 Å². The predicted molar refractivity (Wildman–Crippen MR) is 110 cm³/mol. The molecule has 10 heteroatoms. The van der Waals surface area contributed by atoms with Crippen molar-refractivity contribution >= 4 is 35.0 Å². The van der Waals surface area contributed by atoms with Gasteiger partial charge in [0.05, 0.1) is 30.8 Å². The Bertz CT molecular complexity index is 1010. The van der Waals surface area contributed by atoms with Gasteiger partial charge in [-0.05, 0) is 18.2 Å². The van der Waals surface area contributed by atoms with Crippen molar-refractivity contribution in [2.24, 2.45) is 0 Å². The molecule has 0 saturated carbocycles. The van der Waals surface area contributed by atoms with Crippen molar-refractivity contribution in [1.82, 2.24) is 4.90 Å².